The van der Waals surface area contributed by atoms with E-state index in [2.05, 4.69) is 19.2 Å². The van der Waals surface area contributed by atoms with Crippen molar-refractivity contribution in [3.05, 3.63) is 29.3 Å². The Morgan fingerprint density at radius 3 is 2.81 bits per heavy atom. The van der Waals surface area contributed by atoms with E-state index in [-0.39, 0.29) is 11.8 Å². The standard InChI is InChI=1S/C17H22N2O2/c1-11-8-12(2)19(10-11)17(21)14-6-7-15-13(9-14)4-3-5-16(20)18-15/h6-7,9,11-12H,3-5,8,10H2,1-2H3,(H,18,20). The van der Waals surface area contributed by atoms with E-state index in [4.69, 9.17) is 0 Å². The summed E-state index contributed by atoms with van der Waals surface area (Å²) < 4.78 is 0. The van der Waals surface area contributed by atoms with Crippen LogP contribution in [0.2, 0.25) is 0 Å². The van der Waals surface area contributed by atoms with Crippen molar-refractivity contribution < 1.29 is 9.59 Å². The predicted molar refractivity (Wildman–Crippen MR) is 82.3 cm³/mol. The number of carbonyl (C=O) groups excluding carboxylic acids is 2. The topological polar surface area (TPSA) is 49.4 Å². The smallest absolute Gasteiger partial charge is 0.254 e. The highest BCUT2D eigenvalue weighted by Gasteiger charge is 2.30. The van der Waals surface area contributed by atoms with Crippen LogP contribution in [0.15, 0.2) is 18.2 Å². The van der Waals surface area contributed by atoms with Crippen molar-refractivity contribution in [1.29, 1.82) is 0 Å². The number of rotatable bonds is 1. The first-order valence-electron chi connectivity index (χ1n) is 7.78. The lowest BCUT2D eigenvalue weighted by atomic mass is 10.0. The SMILES string of the molecule is CC1CC(C)N(C(=O)c2ccc3c(c2)CCCC(=O)N3)C1. The van der Waals surface area contributed by atoms with Gasteiger partial charge in [0.15, 0.2) is 0 Å². The van der Waals surface area contributed by atoms with Crippen molar-refractivity contribution in [1.82, 2.24) is 4.90 Å². The highest BCUT2D eigenvalue weighted by Crippen LogP contribution is 2.27. The lowest BCUT2D eigenvalue weighted by Crippen LogP contribution is -2.34. The van der Waals surface area contributed by atoms with Crippen molar-refractivity contribution in [2.75, 3.05) is 11.9 Å². The molecule has 4 nitrogen and oxygen atoms in total. The molecule has 0 bridgehead atoms. The van der Waals surface area contributed by atoms with Gasteiger partial charge in [0, 0.05) is 30.3 Å². The molecule has 1 saturated heterocycles. The third-order valence-electron chi connectivity index (χ3n) is 4.52. The quantitative estimate of drug-likeness (QED) is 0.863. The molecular weight excluding hydrogens is 264 g/mol. The minimum Gasteiger partial charge on any atom is -0.336 e. The monoisotopic (exact) mass is 286 g/mol. The van der Waals surface area contributed by atoms with Crippen LogP contribution in [0.3, 0.4) is 0 Å². The van der Waals surface area contributed by atoms with E-state index in [0.717, 1.165) is 42.6 Å². The van der Waals surface area contributed by atoms with E-state index in [1.54, 1.807) is 0 Å². The molecule has 0 saturated carbocycles. The van der Waals surface area contributed by atoms with Gasteiger partial charge in [-0.2, -0.15) is 0 Å². The molecular formula is C17H22N2O2. The Bertz CT molecular complexity index is 582. The number of likely N-dealkylation sites (tertiary alicyclic amines) is 1. The number of benzene rings is 1. The zero-order valence-corrected chi connectivity index (χ0v) is 12.7. The molecule has 2 unspecified atom stereocenters. The van der Waals surface area contributed by atoms with Gasteiger partial charge in [0.2, 0.25) is 5.91 Å². The Labute approximate surface area is 125 Å². The first-order chi connectivity index (χ1) is 10.0. The number of fused-ring (bicyclic) bond motifs is 1. The van der Waals surface area contributed by atoms with Crippen LogP contribution >= 0.6 is 0 Å². The van der Waals surface area contributed by atoms with Crippen LogP contribution in [-0.2, 0) is 11.2 Å². The molecule has 2 amide bonds. The molecule has 112 valence electrons. The summed E-state index contributed by atoms with van der Waals surface area (Å²) in [5.74, 6) is 0.754. The molecule has 2 heterocycles. The van der Waals surface area contributed by atoms with E-state index in [1.165, 1.54) is 0 Å². The Balaban J connectivity index is 1.85. The molecule has 1 aromatic rings. The fraction of sp³-hybridized carbons (Fsp3) is 0.529. The zero-order chi connectivity index (χ0) is 15.0. The first-order valence-corrected chi connectivity index (χ1v) is 7.78. The summed E-state index contributed by atoms with van der Waals surface area (Å²) in [7, 11) is 0. The largest absolute Gasteiger partial charge is 0.336 e. The van der Waals surface area contributed by atoms with Crippen molar-refractivity contribution >= 4 is 17.5 Å². The van der Waals surface area contributed by atoms with E-state index < -0.39 is 0 Å². The van der Waals surface area contributed by atoms with Gasteiger partial charge in [0.25, 0.3) is 5.91 Å². The van der Waals surface area contributed by atoms with Gasteiger partial charge in [-0.15, -0.1) is 0 Å². The third kappa shape index (κ3) is 2.80. The van der Waals surface area contributed by atoms with Gasteiger partial charge in [-0.3, -0.25) is 9.59 Å². The molecule has 0 aliphatic carbocycles. The summed E-state index contributed by atoms with van der Waals surface area (Å²) in [6, 6.07) is 5.98. The molecule has 1 aromatic carbocycles. The van der Waals surface area contributed by atoms with Crippen LogP contribution in [0, 0.1) is 5.92 Å². The summed E-state index contributed by atoms with van der Waals surface area (Å²) in [6.07, 6.45) is 3.32. The molecule has 3 rings (SSSR count). The van der Waals surface area contributed by atoms with Gasteiger partial charge in [-0.05, 0) is 55.9 Å². The normalized spacial score (nSPS) is 25.2. The lowest BCUT2D eigenvalue weighted by molar-refractivity contribution is -0.116. The maximum atomic E-state index is 12.7. The summed E-state index contributed by atoms with van der Waals surface area (Å²) in [4.78, 5) is 26.2. The second-order valence-corrected chi connectivity index (χ2v) is 6.42. The molecule has 1 fully saturated rings. The highest BCUT2D eigenvalue weighted by molar-refractivity contribution is 5.97. The molecule has 1 N–H and O–H groups in total. The summed E-state index contributed by atoms with van der Waals surface area (Å²) in [5, 5.41) is 2.91. The minimum absolute atomic E-state index is 0.0646. The van der Waals surface area contributed by atoms with Crippen LogP contribution in [0.1, 0.15) is 49.0 Å². The maximum Gasteiger partial charge on any atom is 0.254 e. The zero-order valence-electron chi connectivity index (χ0n) is 12.7. The van der Waals surface area contributed by atoms with Crippen molar-refractivity contribution in [3.63, 3.8) is 0 Å². The first kappa shape index (κ1) is 14.1. The molecule has 2 atom stereocenters. The van der Waals surface area contributed by atoms with Gasteiger partial charge in [-0.1, -0.05) is 6.92 Å². The number of amides is 2. The number of hydrogen-bond donors (Lipinski definition) is 1. The predicted octanol–water partition coefficient (Wildman–Crippen LogP) is 2.83. The van der Waals surface area contributed by atoms with Crippen molar-refractivity contribution in [2.45, 2.75) is 45.6 Å². The molecule has 2 aliphatic rings. The Morgan fingerprint density at radius 2 is 2.10 bits per heavy atom. The number of carbonyl (C=O) groups is 2. The highest BCUT2D eigenvalue weighted by atomic mass is 16.2. The number of anilines is 1. The van der Waals surface area contributed by atoms with Crippen LogP contribution in [-0.4, -0.2) is 29.3 Å². The van der Waals surface area contributed by atoms with Gasteiger partial charge in [0.1, 0.15) is 0 Å². The number of nitrogens with zero attached hydrogens (tertiary/aromatic N) is 1. The van der Waals surface area contributed by atoms with Crippen LogP contribution < -0.4 is 5.32 Å². The lowest BCUT2D eigenvalue weighted by Gasteiger charge is -2.22. The van der Waals surface area contributed by atoms with E-state index >= 15 is 0 Å². The van der Waals surface area contributed by atoms with Crippen LogP contribution in [0.4, 0.5) is 5.69 Å². The molecule has 21 heavy (non-hydrogen) atoms. The van der Waals surface area contributed by atoms with E-state index in [9.17, 15) is 9.59 Å². The van der Waals surface area contributed by atoms with E-state index in [1.807, 2.05) is 23.1 Å². The second kappa shape index (κ2) is 5.51. The molecule has 0 aromatic heterocycles. The number of nitrogens with one attached hydrogen (secondary N) is 1. The van der Waals surface area contributed by atoms with Gasteiger partial charge < -0.3 is 10.2 Å². The van der Waals surface area contributed by atoms with E-state index in [0.29, 0.717) is 18.4 Å². The Morgan fingerprint density at radius 1 is 1.29 bits per heavy atom. The second-order valence-electron chi connectivity index (χ2n) is 6.42. The van der Waals surface area contributed by atoms with Gasteiger partial charge in [0.05, 0.1) is 0 Å². The summed E-state index contributed by atoms with van der Waals surface area (Å²) in [6.45, 7) is 5.15. The molecule has 2 aliphatic heterocycles. The summed E-state index contributed by atoms with van der Waals surface area (Å²) in [5.41, 5.74) is 2.68. The number of aryl methyl sites for hydroxylation is 1. The number of hydrogen-bond acceptors (Lipinski definition) is 2. The minimum atomic E-state index is 0.0646. The van der Waals surface area contributed by atoms with Crippen LogP contribution in [0.5, 0.6) is 0 Å². The summed E-state index contributed by atoms with van der Waals surface area (Å²) >= 11 is 0. The third-order valence-corrected chi connectivity index (χ3v) is 4.52. The Kier molecular flexibility index (Phi) is 3.70. The van der Waals surface area contributed by atoms with Gasteiger partial charge >= 0.3 is 0 Å². The Hall–Kier alpha value is -1.84. The average Bonchev–Trinajstić information content (AvgIpc) is 2.67. The van der Waals surface area contributed by atoms with Gasteiger partial charge in [-0.25, -0.2) is 0 Å². The molecule has 4 heteroatoms. The van der Waals surface area contributed by atoms with Crippen molar-refractivity contribution in [2.24, 2.45) is 5.92 Å². The fourth-order valence-electron chi connectivity index (χ4n) is 3.46. The molecule has 0 radical (unpaired) electrons. The van der Waals surface area contributed by atoms with Crippen LogP contribution in [0.25, 0.3) is 0 Å². The van der Waals surface area contributed by atoms with Crippen molar-refractivity contribution in [3.8, 4) is 0 Å². The maximum absolute atomic E-state index is 12.7. The fourth-order valence-corrected chi connectivity index (χ4v) is 3.46. The average molecular weight is 286 g/mol. The molecule has 0 spiro atoms.